The molecule has 0 atom stereocenters. The first-order chi connectivity index (χ1) is 11.7. The number of carbonyl (C=O) groups excluding carboxylic acids is 1. The van der Waals surface area contributed by atoms with Gasteiger partial charge in [-0.3, -0.25) is 9.48 Å². The summed E-state index contributed by atoms with van der Waals surface area (Å²) in [5, 5.41) is 15.2. The Kier molecular flexibility index (Phi) is 4.71. The highest BCUT2D eigenvalue weighted by Crippen LogP contribution is 2.35. The number of benzene rings is 1. The van der Waals surface area contributed by atoms with Gasteiger partial charge < -0.3 is 5.32 Å². The standard InChI is InChI=1S/C18H19N5O/c1-2-3-9-18(21-22-18)10-11-19-17(24)16-12-20-23(14-16)13-15-7-5-4-6-8-15/h1,4-8,12,14H,3,9-11,13H2,(H,19,24). The molecule has 2 heterocycles. The topological polar surface area (TPSA) is 71.6 Å². The van der Waals surface area contributed by atoms with Gasteiger partial charge in [0.15, 0.2) is 5.66 Å². The van der Waals surface area contributed by atoms with Crippen LogP contribution in [0, 0.1) is 12.3 Å². The predicted molar refractivity (Wildman–Crippen MR) is 90.4 cm³/mol. The van der Waals surface area contributed by atoms with E-state index in [0.29, 0.717) is 31.5 Å². The van der Waals surface area contributed by atoms with Crippen molar-refractivity contribution in [3.05, 3.63) is 53.9 Å². The Morgan fingerprint density at radius 1 is 1.25 bits per heavy atom. The van der Waals surface area contributed by atoms with Gasteiger partial charge in [0, 0.05) is 32.0 Å². The van der Waals surface area contributed by atoms with E-state index in [4.69, 9.17) is 6.42 Å². The second-order valence-electron chi connectivity index (χ2n) is 5.80. The lowest BCUT2D eigenvalue weighted by molar-refractivity contribution is 0.0952. The lowest BCUT2D eigenvalue weighted by Crippen LogP contribution is -2.28. The SMILES string of the molecule is C#CCCC1(CCNC(=O)c2cnn(Cc3ccccc3)c2)N=N1. The first kappa shape index (κ1) is 15.9. The lowest BCUT2D eigenvalue weighted by atomic mass is 10.0. The number of hydrogen-bond acceptors (Lipinski definition) is 4. The Hall–Kier alpha value is -2.94. The van der Waals surface area contributed by atoms with Crippen molar-refractivity contribution in [2.45, 2.75) is 31.5 Å². The van der Waals surface area contributed by atoms with Crippen molar-refractivity contribution in [1.29, 1.82) is 0 Å². The third-order valence-electron chi connectivity index (χ3n) is 3.95. The van der Waals surface area contributed by atoms with Crippen LogP contribution in [0.5, 0.6) is 0 Å². The highest BCUT2D eigenvalue weighted by atomic mass is 16.1. The summed E-state index contributed by atoms with van der Waals surface area (Å²) in [4.78, 5) is 12.2. The number of aromatic nitrogens is 2. The molecule has 1 aliphatic heterocycles. The average Bonchev–Trinajstić information content (AvgIpc) is 3.21. The number of rotatable bonds is 8. The van der Waals surface area contributed by atoms with Gasteiger partial charge in [-0.15, -0.1) is 12.3 Å². The molecule has 0 spiro atoms. The van der Waals surface area contributed by atoms with E-state index >= 15 is 0 Å². The van der Waals surface area contributed by atoms with E-state index in [9.17, 15) is 4.79 Å². The Morgan fingerprint density at radius 3 is 2.75 bits per heavy atom. The van der Waals surface area contributed by atoms with Crippen molar-refractivity contribution in [3.8, 4) is 12.3 Å². The van der Waals surface area contributed by atoms with Crippen LogP contribution in [-0.2, 0) is 6.54 Å². The van der Waals surface area contributed by atoms with Crippen LogP contribution in [0.3, 0.4) is 0 Å². The summed E-state index contributed by atoms with van der Waals surface area (Å²) >= 11 is 0. The monoisotopic (exact) mass is 321 g/mol. The Morgan fingerprint density at radius 2 is 2.04 bits per heavy atom. The van der Waals surface area contributed by atoms with Crippen molar-refractivity contribution in [3.63, 3.8) is 0 Å². The molecule has 24 heavy (non-hydrogen) atoms. The zero-order valence-electron chi connectivity index (χ0n) is 13.4. The minimum Gasteiger partial charge on any atom is -0.352 e. The lowest BCUT2D eigenvalue weighted by Gasteiger charge is -2.09. The largest absolute Gasteiger partial charge is 0.352 e. The number of nitrogens with zero attached hydrogens (tertiary/aromatic N) is 4. The van der Waals surface area contributed by atoms with Crippen molar-refractivity contribution in [1.82, 2.24) is 15.1 Å². The quantitative estimate of drug-likeness (QED) is 0.759. The van der Waals surface area contributed by atoms with Crippen LogP contribution in [-0.4, -0.2) is 27.9 Å². The number of terminal acetylenes is 1. The van der Waals surface area contributed by atoms with Gasteiger partial charge in [-0.2, -0.15) is 15.3 Å². The molecular formula is C18H19N5O. The zero-order valence-corrected chi connectivity index (χ0v) is 13.4. The first-order valence-corrected chi connectivity index (χ1v) is 7.93. The number of amides is 1. The van der Waals surface area contributed by atoms with Crippen LogP contribution in [0.1, 0.15) is 35.2 Å². The van der Waals surface area contributed by atoms with Crippen LogP contribution in [0.15, 0.2) is 53.0 Å². The highest BCUT2D eigenvalue weighted by Gasteiger charge is 2.38. The van der Waals surface area contributed by atoms with Crippen LogP contribution in [0.4, 0.5) is 0 Å². The van der Waals surface area contributed by atoms with Crippen LogP contribution in [0.2, 0.25) is 0 Å². The van der Waals surface area contributed by atoms with Crippen LogP contribution in [0.25, 0.3) is 0 Å². The molecule has 2 aromatic rings. The first-order valence-electron chi connectivity index (χ1n) is 7.93. The summed E-state index contributed by atoms with van der Waals surface area (Å²) in [5.41, 5.74) is 1.32. The van der Waals surface area contributed by atoms with Gasteiger partial charge in [0.2, 0.25) is 0 Å². The molecule has 1 aromatic heterocycles. The molecule has 1 aromatic carbocycles. The van der Waals surface area contributed by atoms with E-state index in [1.807, 2.05) is 30.3 Å². The predicted octanol–water partition coefficient (Wildman–Crippen LogP) is 2.63. The van der Waals surface area contributed by atoms with Crippen molar-refractivity contribution >= 4 is 5.91 Å². The summed E-state index contributed by atoms with van der Waals surface area (Å²) in [6, 6.07) is 9.99. The molecule has 1 N–H and O–H groups in total. The van der Waals surface area contributed by atoms with Gasteiger partial charge in [0.25, 0.3) is 5.91 Å². The van der Waals surface area contributed by atoms with Crippen LogP contribution < -0.4 is 5.32 Å². The van der Waals surface area contributed by atoms with E-state index in [0.717, 1.165) is 12.0 Å². The third-order valence-corrected chi connectivity index (χ3v) is 3.95. The zero-order chi connectivity index (χ0) is 16.8. The molecule has 122 valence electrons. The molecule has 1 aliphatic rings. The van der Waals surface area contributed by atoms with E-state index in [1.54, 1.807) is 17.1 Å². The van der Waals surface area contributed by atoms with Crippen LogP contribution >= 0.6 is 0 Å². The van der Waals surface area contributed by atoms with Gasteiger partial charge in [-0.05, 0) is 5.56 Å². The molecule has 6 nitrogen and oxygen atoms in total. The molecule has 0 saturated heterocycles. The molecule has 0 radical (unpaired) electrons. The molecule has 3 rings (SSSR count). The summed E-state index contributed by atoms with van der Waals surface area (Å²) in [6.07, 6.45) is 10.7. The Bertz CT molecular complexity index is 766. The normalized spacial score (nSPS) is 14.1. The minimum absolute atomic E-state index is 0.137. The maximum Gasteiger partial charge on any atom is 0.254 e. The minimum atomic E-state index is -0.364. The number of nitrogens with one attached hydrogen (secondary N) is 1. The van der Waals surface area contributed by atoms with Crippen molar-refractivity contribution < 1.29 is 4.79 Å². The summed E-state index contributed by atoms with van der Waals surface area (Å²) in [6.45, 7) is 1.15. The van der Waals surface area contributed by atoms with Gasteiger partial charge in [0.05, 0.1) is 18.3 Å². The van der Waals surface area contributed by atoms with E-state index in [1.165, 1.54) is 0 Å². The van der Waals surface area contributed by atoms with Crippen molar-refractivity contribution in [2.24, 2.45) is 10.2 Å². The molecule has 0 fully saturated rings. The molecule has 0 bridgehead atoms. The van der Waals surface area contributed by atoms with Gasteiger partial charge in [-0.1, -0.05) is 30.3 Å². The summed E-state index contributed by atoms with van der Waals surface area (Å²) in [7, 11) is 0. The molecule has 0 unspecified atom stereocenters. The van der Waals surface area contributed by atoms with Gasteiger partial charge in [-0.25, -0.2) is 0 Å². The van der Waals surface area contributed by atoms with Gasteiger partial charge >= 0.3 is 0 Å². The summed E-state index contributed by atoms with van der Waals surface area (Å²) in [5.74, 6) is 2.46. The second kappa shape index (κ2) is 7.09. The fourth-order valence-electron chi connectivity index (χ4n) is 2.48. The number of carbonyl (C=O) groups is 1. The maximum absolute atomic E-state index is 12.2. The maximum atomic E-state index is 12.2. The molecule has 0 aliphatic carbocycles. The molecular weight excluding hydrogens is 302 g/mol. The van der Waals surface area contributed by atoms with E-state index in [-0.39, 0.29) is 11.6 Å². The van der Waals surface area contributed by atoms with E-state index < -0.39 is 0 Å². The van der Waals surface area contributed by atoms with Gasteiger partial charge in [0.1, 0.15) is 0 Å². The smallest absolute Gasteiger partial charge is 0.254 e. The third kappa shape index (κ3) is 4.07. The fraction of sp³-hybridized carbons (Fsp3) is 0.333. The van der Waals surface area contributed by atoms with E-state index in [2.05, 4.69) is 26.6 Å². The fourth-order valence-corrected chi connectivity index (χ4v) is 2.48. The van der Waals surface area contributed by atoms with Crippen molar-refractivity contribution in [2.75, 3.05) is 6.54 Å². The molecule has 1 amide bonds. The molecule has 6 heteroatoms. The molecule has 0 saturated carbocycles. The number of hydrogen-bond donors (Lipinski definition) is 1. The Labute approximate surface area is 141 Å². The second-order valence-corrected chi connectivity index (χ2v) is 5.80. The highest BCUT2D eigenvalue weighted by molar-refractivity contribution is 5.93. The Balaban J connectivity index is 1.47. The summed E-state index contributed by atoms with van der Waals surface area (Å²) < 4.78 is 1.75. The average molecular weight is 321 g/mol.